The van der Waals surface area contributed by atoms with E-state index in [9.17, 15) is 13.2 Å². The molecule has 3 rings (SSSR count). The van der Waals surface area contributed by atoms with Crippen molar-refractivity contribution < 1.29 is 22.7 Å². The maximum Gasteiger partial charge on any atom is 0.255 e. The van der Waals surface area contributed by atoms with Gasteiger partial charge in [-0.1, -0.05) is 0 Å². The van der Waals surface area contributed by atoms with Crippen molar-refractivity contribution in [2.24, 2.45) is 0 Å². The van der Waals surface area contributed by atoms with E-state index in [1.54, 1.807) is 24.3 Å². The molecule has 1 aliphatic rings. The molecule has 1 aromatic heterocycles. The zero-order valence-corrected chi connectivity index (χ0v) is 14.5. The predicted molar refractivity (Wildman–Crippen MR) is 91.6 cm³/mol. The van der Waals surface area contributed by atoms with Crippen LogP contribution in [0.1, 0.15) is 16.8 Å². The second-order valence-corrected chi connectivity index (χ2v) is 7.75. The fraction of sp³-hybridized carbons (Fsp3) is 0.294. The van der Waals surface area contributed by atoms with Gasteiger partial charge >= 0.3 is 0 Å². The summed E-state index contributed by atoms with van der Waals surface area (Å²) in [6, 6.07) is 9.14. The van der Waals surface area contributed by atoms with Crippen LogP contribution >= 0.6 is 0 Å². The largest absolute Gasteiger partial charge is 0.472 e. The van der Waals surface area contributed by atoms with E-state index in [0.717, 1.165) is 12.7 Å². The molecular formula is C17H18N2O5S. The first-order valence-electron chi connectivity index (χ1n) is 7.74. The van der Waals surface area contributed by atoms with Crippen molar-refractivity contribution in [1.82, 2.24) is 4.98 Å². The quantitative estimate of drug-likeness (QED) is 0.873. The molecule has 0 aliphatic carbocycles. The van der Waals surface area contributed by atoms with Gasteiger partial charge in [0.2, 0.25) is 5.88 Å². The zero-order chi connectivity index (χ0) is 17.9. The van der Waals surface area contributed by atoms with Gasteiger partial charge in [-0.3, -0.25) is 4.79 Å². The molecule has 0 saturated carbocycles. The number of aromatic nitrogens is 1. The van der Waals surface area contributed by atoms with E-state index >= 15 is 0 Å². The summed E-state index contributed by atoms with van der Waals surface area (Å²) in [5.74, 6) is 0.0394. The Bertz CT molecular complexity index is 859. The maximum absolute atomic E-state index is 12.3. The van der Waals surface area contributed by atoms with E-state index in [-0.39, 0.29) is 16.9 Å². The van der Waals surface area contributed by atoms with E-state index in [1.165, 1.54) is 18.3 Å². The number of benzene rings is 1. The second-order valence-electron chi connectivity index (χ2n) is 5.74. The predicted octanol–water partition coefficient (Wildman–Crippen LogP) is 1.91. The van der Waals surface area contributed by atoms with Crippen LogP contribution in [-0.2, 0) is 14.6 Å². The lowest BCUT2D eigenvalue weighted by Gasteiger charge is -2.11. The van der Waals surface area contributed by atoms with E-state index in [0.29, 0.717) is 30.3 Å². The van der Waals surface area contributed by atoms with Crippen LogP contribution < -0.4 is 10.1 Å². The van der Waals surface area contributed by atoms with Gasteiger partial charge < -0.3 is 14.8 Å². The summed E-state index contributed by atoms with van der Waals surface area (Å²) < 4.78 is 33.8. The summed E-state index contributed by atoms with van der Waals surface area (Å²) >= 11 is 0. The number of nitrogens with one attached hydrogen (secondary N) is 1. The summed E-state index contributed by atoms with van der Waals surface area (Å²) in [4.78, 5) is 16.7. The van der Waals surface area contributed by atoms with Crippen molar-refractivity contribution in [2.45, 2.75) is 17.4 Å². The first-order valence-corrected chi connectivity index (χ1v) is 9.63. The van der Waals surface area contributed by atoms with E-state index in [2.05, 4.69) is 10.3 Å². The number of amides is 1. The molecule has 1 fully saturated rings. The molecule has 0 bridgehead atoms. The third-order valence-electron chi connectivity index (χ3n) is 3.71. The molecular weight excluding hydrogens is 344 g/mol. The monoisotopic (exact) mass is 362 g/mol. The lowest BCUT2D eigenvalue weighted by Crippen LogP contribution is -2.17. The molecule has 1 atom stereocenters. The lowest BCUT2D eigenvalue weighted by atomic mass is 10.2. The first-order chi connectivity index (χ1) is 11.9. The van der Waals surface area contributed by atoms with Gasteiger partial charge in [-0.2, -0.15) is 0 Å². The Balaban J connectivity index is 1.68. The third kappa shape index (κ3) is 4.55. The van der Waals surface area contributed by atoms with Gasteiger partial charge in [-0.05, 0) is 30.3 Å². The van der Waals surface area contributed by atoms with Gasteiger partial charge in [0, 0.05) is 36.2 Å². The number of carbonyl (C=O) groups excluding carboxylic acids is 1. The van der Waals surface area contributed by atoms with Crippen molar-refractivity contribution in [3.8, 4) is 5.88 Å². The highest BCUT2D eigenvalue weighted by molar-refractivity contribution is 7.90. The summed E-state index contributed by atoms with van der Waals surface area (Å²) in [5.41, 5.74) is 0.900. The highest BCUT2D eigenvalue weighted by Gasteiger charge is 2.18. The number of anilines is 1. The van der Waals surface area contributed by atoms with Crippen molar-refractivity contribution in [3.63, 3.8) is 0 Å². The number of ether oxygens (including phenoxy) is 2. The Morgan fingerprint density at radius 2 is 2.04 bits per heavy atom. The SMILES string of the molecule is CS(=O)(=O)c1ccc(NC(=O)c2ccnc(O[C@@H]3CCOC3)c2)cc1. The number of sulfone groups is 1. The summed E-state index contributed by atoms with van der Waals surface area (Å²) in [6.07, 6.45) is 3.39. The van der Waals surface area contributed by atoms with Crippen LogP contribution in [0.2, 0.25) is 0 Å². The Morgan fingerprint density at radius 1 is 1.28 bits per heavy atom. The van der Waals surface area contributed by atoms with Crippen LogP contribution in [0.25, 0.3) is 0 Å². The normalized spacial score (nSPS) is 17.2. The Hall–Kier alpha value is -2.45. The number of hydrogen-bond acceptors (Lipinski definition) is 6. The number of rotatable bonds is 5. The third-order valence-corrected chi connectivity index (χ3v) is 4.84. The van der Waals surface area contributed by atoms with Crippen LogP contribution in [0.3, 0.4) is 0 Å². The van der Waals surface area contributed by atoms with Crippen molar-refractivity contribution in [3.05, 3.63) is 48.2 Å². The summed E-state index contributed by atoms with van der Waals surface area (Å²) in [7, 11) is -3.27. The minimum atomic E-state index is -3.27. The molecule has 25 heavy (non-hydrogen) atoms. The smallest absolute Gasteiger partial charge is 0.255 e. The number of pyridine rings is 1. The maximum atomic E-state index is 12.3. The minimum absolute atomic E-state index is 0.0469. The molecule has 0 unspecified atom stereocenters. The summed E-state index contributed by atoms with van der Waals surface area (Å²) in [5, 5.41) is 2.72. The molecule has 0 spiro atoms. The minimum Gasteiger partial charge on any atom is -0.472 e. The van der Waals surface area contributed by atoms with Gasteiger partial charge in [0.25, 0.3) is 5.91 Å². The van der Waals surface area contributed by atoms with Crippen molar-refractivity contribution in [2.75, 3.05) is 24.8 Å². The average molecular weight is 362 g/mol. The molecule has 1 amide bonds. The van der Waals surface area contributed by atoms with E-state index in [4.69, 9.17) is 9.47 Å². The number of nitrogens with zero attached hydrogens (tertiary/aromatic N) is 1. The molecule has 132 valence electrons. The van der Waals surface area contributed by atoms with Gasteiger partial charge in [-0.25, -0.2) is 13.4 Å². The fourth-order valence-electron chi connectivity index (χ4n) is 2.38. The van der Waals surface area contributed by atoms with Gasteiger partial charge in [0.05, 0.1) is 18.1 Å². The van der Waals surface area contributed by atoms with Crippen LogP contribution in [0.5, 0.6) is 5.88 Å². The molecule has 1 saturated heterocycles. The molecule has 0 radical (unpaired) electrons. The van der Waals surface area contributed by atoms with Crippen LogP contribution in [0, 0.1) is 0 Å². The van der Waals surface area contributed by atoms with Crippen LogP contribution in [-0.4, -0.2) is 44.9 Å². The highest BCUT2D eigenvalue weighted by Crippen LogP contribution is 2.18. The van der Waals surface area contributed by atoms with Crippen molar-refractivity contribution in [1.29, 1.82) is 0 Å². The van der Waals surface area contributed by atoms with E-state index < -0.39 is 9.84 Å². The molecule has 7 nitrogen and oxygen atoms in total. The van der Waals surface area contributed by atoms with Gasteiger partial charge in [-0.15, -0.1) is 0 Å². The topological polar surface area (TPSA) is 94.6 Å². The van der Waals surface area contributed by atoms with Crippen LogP contribution in [0.4, 0.5) is 5.69 Å². The highest BCUT2D eigenvalue weighted by atomic mass is 32.2. The number of carbonyl (C=O) groups is 1. The Kier molecular flexibility index (Phi) is 5.00. The molecule has 2 heterocycles. The first kappa shape index (κ1) is 17.4. The Labute approximate surface area is 145 Å². The van der Waals surface area contributed by atoms with E-state index in [1.807, 2.05) is 0 Å². The van der Waals surface area contributed by atoms with Crippen LogP contribution in [0.15, 0.2) is 47.5 Å². The zero-order valence-electron chi connectivity index (χ0n) is 13.6. The standard InChI is InChI=1S/C17H18N2O5S/c1-25(21,22)15-4-2-13(3-5-15)19-17(20)12-6-8-18-16(10-12)24-14-7-9-23-11-14/h2-6,8,10,14H,7,9,11H2,1H3,(H,19,20)/t14-/m1/s1. The molecule has 8 heteroatoms. The second kappa shape index (κ2) is 7.20. The molecule has 1 N–H and O–H groups in total. The molecule has 1 aromatic carbocycles. The van der Waals surface area contributed by atoms with Crippen molar-refractivity contribution >= 4 is 21.4 Å². The fourth-order valence-corrected chi connectivity index (χ4v) is 3.01. The number of hydrogen-bond donors (Lipinski definition) is 1. The van der Waals surface area contributed by atoms with Gasteiger partial charge in [0.1, 0.15) is 6.10 Å². The molecule has 2 aromatic rings. The average Bonchev–Trinajstić information content (AvgIpc) is 3.08. The lowest BCUT2D eigenvalue weighted by molar-refractivity contribution is 0.102. The van der Waals surface area contributed by atoms with Gasteiger partial charge in [0.15, 0.2) is 9.84 Å². The Morgan fingerprint density at radius 3 is 2.68 bits per heavy atom. The summed E-state index contributed by atoms with van der Waals surface area (Å²) in [6.45, 7) is 1.18. The molecule has 1 aliphatic heterocycles.